The minimum absolute atomic E-state index is 0.0570. The van der Waals surface area contributed by atoms with E-state index in [0.717, 1.165) is 12.8 Å². The molecule has 1 aliphatic rings. The van der Waals surface area contributed by atoms with Gasteiger partial charge in [0.25, 0.3) is 11.6 Å². The van der Waals surface area contributed by atoms with Gasteiger partial charge in [-0.15, -0.1) is 0 Å². The molecule has 1 saturated heterocycles. The molecule has 8 heteroatoms. The number of piperidine rings is 1. The Morgan fingerprint density at radius 1 is 1.33 bits per heavy atom. The second kappa shape index (κ2) is 8.83. The van der Waals surface area contributed by atoms with E-state index in [1.54, 1.807) is 11.0 Å². The number of ether oxygens (including phenoxy) is 1. The smallest absolute Gasteiger partial charge is 0.410 e. The van der Waals surface area contributed by atoms with Crippen LogP contribution in [0.2, 0.25) is 0 Å². The number of likely N-dealkylation sites (tertiary alicyclic amines) is 1. The standard InChI is InChI=1S/C19H27N3O5/c1-19(2,3)27-18(24)21-12-6-7-14(13-21)10-11-20-17(23)15-8-4-5-9-16(15)22(25)26/h4-5,8-9,14H,6-7,10-13H2,1-3H3,(H,20,23). The average Bonchev–Trinajstić information content (AvgIpc) is 2.60. The highest BCUT2D eigenvalue weighted by Crippen LogP contribution is 2.22. The van der Waals surface area contributed by atoms with Gasteiger partial charge in [0, 0.05) is 25.7 Å². The Kier molecular flexibility index (Phi) is 6.76. The summed E-state index contributed by atoms with van der Waals surface area (Å²) in [5.41, 5.74) is -0.673. The summed E-state index contributed by atoms with van der Waals surface area (Å²) < 4.78 is 5.42. The van der Waals surface area contributed by atoms with Crippen molar-refractivity contribution >= 4 is 17.7 Å². The van der Waals surface area contributed by atoms with Gasteiger partial charge in [0.1, 0.15) is 11.2 Å². The fourth-order valence-corrected chi connectivity index (χ4v) is 3.10. The Balaban J connectivity index is 1.84. The molecule has 1 unspecified atom stereocenters. The second-order valence-corrected chi connectivity index (χ2v) is 7.75. The largest absolute Gasteiger partial charge is 0.444 e. The predicted octanol–water partition coefficient (Wildman–Crippen LogP) is 3.36. The molecule has 0 bridgehead atoms. The molecule has 0 radical (unpaired) electrons. The van der Waals surface area contributed by atoms with Gasteiger partial charge in [-0.1, -0.05) is 12.1 Å². The summed E-state index contributed by atoms with van der Waals surface area (Å²) in [7, 11) is 0. The Labute approximate surface area is 159 Å². The van der Waals surface area contributed by atoms with Crippen LogP contribution in [0.1, 0.15) is 50.4 Å². The second-order valence-electron chi connectivity index (χ2n) is 7.75. The van der Waals surface area contributed by atoms with Crippen LogP contribution >= 0.6 is 0 Å². The number of hydrogen-bond donors (Lipinski definition) is 1. The fraction of sp³-hybridized carbons (Fsp3) is 0.579. The molecular weight excluding hydrogens is 350 g/mol. The van der Waals surface area contributed by atoms with E-state index < -0.39 is 16.4 Å². The van der Waals surface area contributed by atoms with Crippen LogP contribution in [0.4, 0.5) is 10.5 Å². The number of nitrogens with zero attached hydrogens (tertiary/aromatic N) is 2. The van der Waals surface area contributed by atoms with E-state index in [4.69, 9.17) is 4.74 Å². The Bertz CT molecular complexity index is 699. The molecule has 2 amide bonds. The lowest BCUT2D eigenvalue weighted by Crippen LogP contribution is -2.43. The highest BCUT2D eigenvalue weighted by molar-refractivity contribution is 5.98. The zero-order valence-corrected chi connectivity index (χ0v) is 16.1. The number of carbonyl (C=O) groups excluding carboxylic acids is 2. The lowest BCUT2D eigenvalue weighted by molar-refractivity contribution is -0.385. The molecule has 1 aromatic rings. The van der Waals surface area contributed by atoms with Crippen molar-refractivity contribution in [3.05, 3.63) is 39.9 Å². The van der Waals surface area contributed by atoms with Crippen molar-refractivity contribution in [1.82, 2.24) is 10.2 Å². The summed E-state index contributed by atoms with van der Waals surface area (Å²) >= 11 is 0. The molecule has 0 spiro atoms. The zero-order valence-electron chi connectivity index (χ0n) is 16.1. The van der Waals surface area contributed by atoms with Gasteiger partial charge in [0.2, 0.25) is 0 Å². The van der Waals surface area contributed by atoms with Crippen molar-refractivity contribution in [3.63, 3.8) is 0 Å². The van der Waals surface area contributed by atoms with Crippen LogP contribution in [0.15, 0.2) is 24.3 Å². The summed E-state index contributed by atoms with van der Waals surface area (Å²) in [6, 6.07) is 5.89. The van der Waals surface area contributed by atoms with Crippen LogP contribution in [-0.2, 0) is 4.74 Å². The minimum atomic E-state index is -0.561. The maximum absolute atomic E-state index is 12.2. The molecule has 1 atom stereocenters. The monoisotopic (exact) mass is 377 g/mol. The van der Waals surface area contributed by atoms with Gasteiger partial charge < -0.3 is 15.0 Å². The molecule has 1 N–H and O–H groups in total. The summed E-state index contributed by atoms with van der Waals surface area (Å²) in [6.07, 6.45) is 2.25. The van der Waals surface area contributed by atoms with Crippen molar-refractivity contribution in [2.45, 2.75) is 45.6 Å². The summed E-state index contributed by atoms with van der Waals surface area (Å²) in [4.78, 5) is 36.6. The quantitative estimate of drug-likeness (QED) is 0.626. The van der Waals surface area contributed by atoms with Crippen LogP contribution in [0, 0.1) is 16.0 Å². The number of rotatable bonds is 5. The first-order valence-corrected chi connectivity index (χ1v) is 9.17. The first-order chi connectivity index (χ1) is 12.7. The van der Waals surface area contributed by atoms with Crippen molar-refractivity contribution in [2.24, 2.45) is 5.92 Å². The van der Waals surface area contributed by atoms with Crippen LogP contribution in [0.25, 0.3) is 0 Å². The van der Waals surface area contributed by atoms with Crippen molar-refractivity contribution in [2.75, 3.05) is 19.6 Å². The van der Waals surface area contributed by atoms with Crippen LogP contribution < -0.4 is 5.32 Å². The summed E-state index contributed by atoms with van der Waals surface area (Å²) in [6.45, 7) is 7.18. The van der Waals surface area contributed by atoms with Crippen LogP contribution in [-0.4, -0.2) is 47.1 Å². The number of nitro groups is 1. The Morgan fingerprint density at radius 2 is 2.04 bits per heavy atom. The molecule has 8 nitrogen and oxygen atoms in total. The lowest BCUT2D eigenvalue weighted by atomic mass is 9.95. The van der Waals surface area contributed by atoms with Gasteiger partial charge in [0.05, 0.1) is 4.92 Å². The van der Waals surface area contributed by atoms with Gasteiger partial charge in [-0.2, -0.15) is 0 Å². The zero-order chi connectivity index (χ0) is 20.0. The van der Waals surface area contributed by atoms with Gasteiger partial charge in [-0.05, 0) is 52.0 Å². The number of nitrogens with one attached hydrogen (secondary N) is 1. The third kappa shape index (κ3) is 6.23. The first kappa shape index (κ1) is 20.7. The molecular formula is C19H27N3O5. The number of hydrogen-bond acceptors (Lipinski definition) is 5. The predicted molar refractivity (Wildman–Crippen MR) is 101 cm³/mol. The number of carbonyl (C=O) groups is 2. The van der Waals surface area contributed by atoms with Crippen molar-refractivity contribution in [1.29, 1.82) is 0 Å². The molecule has 148 valence electrons. The van der Waals surface area contributed by atoms with E-state index in [0.29, 0.717) is 26.1 Å². The fourth-order valence-electron chi connectivity index (χ4n) is 3.10. The van der Waals surface area contributed by atoms with Crippen molar-refractivity contribution in [3.8, 4) is 0 Å². The molecule has 0 saturated carbocycles. The molecule has 1 aliphatic heterocycles. The van der Waals surface area contributed by atoms with Gasteiger partial charge in [-0.25, -0.2) is 4.79 Å². The van der Waals surface area contributed by atoms with Gasteiger partial charge >= 0.3 is 6.09 Å². The molecule has 1 fully saturated rings. The Morgan fingerprint density at radius 3 is 2.70 bits per heavy atom. The van der Waals surface area contributed by atoms with E-state index in [1.165, 1.54) is 18.2 Å². The molecule has 2 rings (SSSR count). The first-order valence-electron chi connectivity index (χ1n) is 9.17. The molecule has 0 aromatic heterocycles. The van der Waals surface area contributed by atoms with E-state index in [1.807, 2.05) is 20.8 Å². The SMILES string of the molecule is CC(C)(C)OC(=O)N1CCCC(CCNC(=O)c2ccccc2[N+](=O)[O-])C1. The van der Waals surface area contributed by atoms with E-state index in [-0.39, 0.29) is 23.3 Å². The maximum Gasteiger partial charge on any atom is 0.410 e. The van der Waals surface area contributed by atoms with Crippen LogP contribution in [0.5, 0.6) is 0 Å². The number of nitro benzene ring substituents is 1. The molecule has 1 aromatic carbocycles. The molecule has 27 heavy (non-hydrogen) atoms. The number of amides is 2. The van der Waals surface area contributed by atoms with E-state index in [2.05, 4.69) is 5.32 Å². The topological polar surface area (TPSA) is 102 Å². The van der Waals surface area contributed by atoms with Crippen molar-refractivity contribution < 1.29 is 19.2 Å². The molecule has 1 heterocycles. The van der Waals surface area contributed by atoms with Crippen LogP contribution in [0.3, 0.4) is 0 Å². The number of para-hydroxylation sites is 1. The van der Waals surface area contributed by atoms with Gasteiger partial charge in [-0.3, -0.25) is 14.9 Å². The number of benzene rings is 1. The average molecular weight is 377 g/mol. The Hall–Kier alpha value is -2.64. The highest BCUT2D eigenvalue weighted by Gasteiger charge is 2.27. The summed E-state index contributed by atoms with van der Waals surface area (Å²) in [5, 5.41) is 13.8. The van der Waals surface area contributed by atoms with Gasteiger partial charge in [0.15, 0.2) is 0 Å². The lowest BCUT2D eigenvalue weighted by Gasteiger charge is -2.34. The third-order valence-electron chi connectivity index (χ3n) is 4.35. The molecule has 0 aliphatic carbocycles. The highest BCUT2D eigenvalue weighted by atomic mass is 16.6. The maximum atomic E-state index is 12.2. The third-order valence-corrected chi connectivity index (χ3v) is 4.35. The van der Waals surface area contributed by atoms with E-state index in [9.17, 15) is 19.7 Å². The van der Waals surface area contributed by atoms with E-state index >= 15 is 0 Å². The normalized spacial score (nSPS) is 17.3. The minimum Gasteiger partial charge on any atom is -0.444 e. The summed E-state index contributed by atoms with van der Waals surface area (Å²) in [5.74, 6) is -0.195.